The Morgan fingerprint density at radius 3 is 2.30 bits per heavy atom. The first-order chi connectivity index (χ1) is 9.50. The molecular formula is C15H13FN2OS. The van der Waals surface area contributed by atoms with E-state index in [-0.39, 0.29) is 5.56 Å². The molecule has 0 bridgehead atoms. The van der Waals surface area contributed by atoms with E-state index in [1.54, 1.807) is 43.4 Å². The van der Waals surface area contributed by atoms with Gasteiger partial charge in [-0.05, 0) is 36.4 Å². The van der Waals surface area contributed by atoms with Crippen molar-refractivity contribution in [1.82, 2.24) is 0 Å². The van der Waals surface area contributed by atoms with Crippen molar-refractivity contribution < 1.29 is 9.18 Å². The van der Waals surface area contributed by atoms with Crippen molar-refractivity contribution in [3.05, 3.63) is 65.5 Å². The molecule has 102 valence electrons. The number of thiocarbonyl (C=S) groups is 1. The molecule has 2 rings (SSSR count). The smallest absolute Gasteiger partial charge is 0.260 e. The van der Waals surface area contributed by atoms with Gasteiger partial charge in [-0.1, -0.05) is 24.4 Å². The Hall–Kier alpha value is -2.27. The molecule has 0 saturated heterocycles. The fourth-order valence-corrected chi connectivity index (χ4v) is 1.92. The average molecular weight is 288 g/mol. The maximum atomic E-state index is 13.6. The van der Waals surface area contributed by atoms with Crippen LogP contribution >= 0.6 is 12.2 Å². The topological polar surface area (TPSA) is 46.3 Å². The summed E-state index contributed by atoms with van der Waals surface area (Å²) in [7, 11) is 1.59. The number of rotatable bonds is 3. The van der Waals surface area contributed by atoms with Crippen LogP contribution in [0.25, 0.3) is 0 Å². The third-order valence-electron chi connectivity index (χ3n) is 2.95. The highest BCUT2D eigenvalue weighted by atomic mass is 32.1. The van der Waals surface area contributed by atoms with Crippen LogP contribution in [-0.2, 0) is 0 Å². The van der Waals surface area contributed by atoms with Crippen LogP contribution < -0.4 is 10.6 Å². The van der Waals surface area contributed by atoms with Crippen LogP contribution in [0.5, 0.6) is 0 Å². The second-order valence-electron chi connectivity index (χ2n) is 4.26. The van der Waals surface area contributed by atoms with E-state index in [9.17, 15) is 9.18 Å². The average Bonchev–Trinajstić information content (AvgIpc) is 2.46. The third-order valence-corrected chi connectivity index (χ3v) is 3.18. The summed E-state index contributed by atoms with van der Waals surface area (Å²) in [6.45, 7) is 0. The Labute approximate surface area is 121 Å². The third kappa shape index (κ3) is 2.83. The molecule has 0 spiro atoms. The SMILES string of the molecule is CN(C(=O)c1ccccc1F)c1ccc(C(N)=S)cc1. The molecule has 1 amide bonds. The quantitative estimate of drug-likeness (QED) is 0.883. The molecule has 0 fully saturated rings. The zero-order chi connectivity index (χ0) is 14.7. The zero-order valence-corrected chi connectivity index (χ0v) is 11.7. The highest BCUT2D eigenvalue weighted by molar-refractivity contribution is 7.80. The number of nitrogens with two attached hydrogens (primary N) is 1. The molecular weight excluding hydrogens is 275 g/mol. The number of anilines is 1. The Kier molecular flexibility index (Phi) is 4.10. The van der Waals surface area contributed by atoms with Gasteiger partial charge in [0.1, 0.15) is 10.8 Å². The summed E-state index contributed by atoms with van der Waals surface area (Å²) in [5.74, 6) is -0.949. The van der Waals surface area contributed by atoms with Crippen molar-refractivity contribution in [3.63, 3.8) is 0 Å². The van der Waals surface area contributed by atoms with Crippen LogP contribution in [0.4, 0.5) is 10.1 Å². The molecule has 0 heterocycles. The molecule has 3 nitrogen and oxygen atoms in total. The molecule has 2 N–H and O–H groups in total. The normalized spacial score (nSPS) is 10.1. The van der Waals surface area contributed by atoms with Gasteiger partial charge in [-0.25, -0.2) is 4.39 Å². The second kappa shape index (κ2) is 5.79. The van der Waals surface area contributed by atoms with Crippen LogP contribution in [0.3, 0.4) is 0 Å². The van der Waals surface area contributed by atoms with Gasteiger partial charge in [0.2, 0.25) is 0 Å². The van der Waals surface area contributed by atoms with Gasteiger partial charge in [0, 0.05) is 18.3 Å². The highest BCUT2D eigenvalue weighted by Gasteiger charge is 2.16. The van der Waals surface area contributed by atoms with Crippen LogP contribution in [0.15, 0.2) is 48.5 Å². The largest absolute Gasteiger partial charge is 0.389 e. The van der Waals surface area contributed by atoms with E-state index < -0.39 is 11.7 Å². The lowest BCUT2D eigenvalue weighted by Crippen LogP contribution is -2.27. The van der Waals surface area contributed by atoms with E-state index in [1.165, 1.54) is 17.0 Å². The number of nitrogens with zero attached hydrogens (tertiary/aromatic N) is 1. The first kappa shape index (κ1) is 14.1. The van der Waals surface area contributed by atoms with E-state index in [1.807, 2.05) is 0 Å². The van der Waals surface area contributed by atoms with E-state index in [2.05, 4.69) is 0 Å². The molecule has 0 aliphatic rings. The molecule has 0 saturated carbocycles. The van der Waals surface area contributed by atoms with Gasteiger partial charge in [-0.2, -0.15) is 0 Å². The molecule has 0 aliphatic heterocycles. The molecule has 0 radical (unpaired) electrons. The number of carbonyl (C=O) groups excluding carboxylic acids is 1. The summed E-state index contributed by atoms with van der Waals surface area (Å²) >= 11 is 4.86. The molecule has 2 aromatic rings. The van der Waals surface area contributed by atoms with Crippen LogP contribution in [-0.4, -0.2) is 17.9 Å². The van der Waals surface area contributed by atoms with Gasteiger partial charge in [-0.3, -0.25) is 4.79 Å². The maximum Gasteiger partial charge on any atom is 0.260 e. The fourth-order valence-electron chi connectivity index (χ4n) is 1.78. The van der Waals surface area contributed by atoms with Crippen molar-refractivity contribution in [2.45, 2.75) is 0 Å². The van der Waals surface area contributed by atoms with E-state index in [0.717, 1.165) is 5.56 Å². The molecule has 0 aliphatic carbocycles. The van der Waals surface area contributed by atoms with Gasteiger partial charge >= 0.3 is 0 Å². The summed E-state index contributed by atoms with van der Waals surface area (Å²) < 4.78 is 13.6. The molecule has 20 heavy (non-hydrogen) atoms. The summed E-state index contributed by atoms with van der Waals surface area (Å²) in [4.78, 5) is 13.9. The van der Waals surface area contributed by atoms with E-state index in [0.29, 0.717) is 10.7 Å². The Balaban J connectivity index is 2.27. The minimum Gasteiger partial charge on any atom is -0.389 e. The van der Waals surface area contributed by atoms with Gasteiger partial charge in [0.05, 0.1) is 5.56 Å². The van der Waals surface area contributed by atoms with Gasteiger partial charge in [-0.15, -0.1) is 0 Å². The van der Waals surface area contributed by atoms with Crippen molar-refractivity contribution in [2.75, 3.05) is 11.9 Å². The van der Waals surface area contributed by atoms with E-state index >= 15 is 0 Å². The molecule has 2 aromatic carbocycles. The van der Waals surface area contributed by atoms with Crippen molar-refractivity contribution in [2.24, 2.45) is 5.73 Å². The predicted octanol–water partition coefficient (Wildman–Crippen LogP) is 2.74. The fraction of sp³-hybridized carbons (Fsp3) is 0.0667. The molecule has 0 atom stereocenters. The Bertz CT molecular complexity index is 655. The minimum absolute atomic E-state index is 0.0356. The monoisotopic (exact) mass is 288 g/mol. The van der Waals surface area contributed by atoms with Crippen molar-refractivity contribution >= 4 is 28.8 Å². The highest BCUT2D eigenvalue weighted by Crippen LogP contribution is 2.18. The van der Waals surface area contributed by atoms with Crippen LogP contribution in [0, 0.1) is 5.82 Å². The molecule has 0 aromatic heterocycles. The van der Waals surface area contributed by atoms with Crippen molar-refractivity contribution in [1.29, 1.82) is 0 Å². The zero-order valence-electron chi connectivity index (χ0n) is 10.8. The summed E-state index contributed by atoms with van der Waals surface area (Å²) in [5, 5.41) is 0. The molecule has 0 unspecified atom stereocenters. The number of amides is 1. The Morgan fingerprint density at radius 2 is 1.75 bits per heavy atom. The van der Waals surface area contributed by atoms with Gasteiger partial charge in [0.25, 0.3) is 5.91 Å². The number of halogens is 1. The lowest BCUT2D eigenvalue weighted by atomic mass is 10.1. The van der Waals surface area contributed by atoms with Crippen molar-refractivity contribution in [3.8, 4) is 0 Å². The summed E-state index contributed by atoms with van der Waals surface area (Å²) in [6, 6.07) is 12.8. The number of hydrogen-bond acceptors (Lipinski definition) is 2. The van der Waals surface area contributed by atoms with Gasteiger partial charge < -0.3 is 10.6 Å². The summed E-state index contributed by atoms with van der Waals surface area (Å²) in [5.41, 5.74) is 6.90. The lowest BCUT2D eigenvalue weighted by Gasteiger charge is -2.18. The number of carbonyl (C=O) groups is 1. The first-order valence-corrected chi connectivity index (χ1v) is 6.34. The summed E-state index contributed by atoms with van der Waals surface area (Å²) in [6.07, 6.45) is 0. The maximum absolute atomic E-state index is 13.6. The Morgan fingerprint density at radius 1 is 1.15 bits per heavy atom. The standard InChI is InChI=1S/C15H13FN2OS/c1-18(11-8-6-10(7-9-11)14(17)20)15(19)12-4-2-3-5-13(12)16/h2-9H,1H3,(H2,17,20). The number of benzene rings is 2. The van der Waals surface area contributed by atoms with Crippen LogP contribution in [0.2, 0.25) is 0 Å². The van der Waals surface area contributed by atoms with Crippen LogP contribution in [0.1, 0.15) is 15.9 Å². The predicted molar refractivity (Wildman–Crippen MR) is 81.5 cm³/mol. The second-order valence-corrected chi connectivity index (χ2v) is 4.69. The number of hydrogen-bond donors (Lipinski definition) is 1. The molecule has 5 heteroatoms. The lowest BCUT2D eigenvalue weighted by molar-refractivity contribution is 0.0989. The van der Waals surface area contributed by atoms with E-state index in [4.69, 9.17) is 18.0 Å². The first-order valence-electron chi connectivity index (χ1n) is 5.93. The van der Waals surface area contributed by atoms with Gasteiger partial charge in [0.15, 0.2) is 0 Å². The minimum atomic E-state index is -0.538.